The number of rotatable bonds is 4. The Balaban J connectivity index is 2.45. The second-order valence-corrected chi connectivity index (χ2v) is 4.13. The molecule has 1 unspecified atom stereocenters. The maximum absolute atomic E-state index is 11.6. The summed E-state index contributed by atoms with van der Waals surface area (Å²) in [5.41, 5.74) is 2.21. The normalized spacial score (nSPS) is 11.7. The number of aryl methyl sites for hydroxylation is 1. The Morgan fingerprint density at radius 2 is 2.06 bits per heavy atom. The number of amides is 2. The molecule has 0 aromatic heterocycles. The van der Waals surface area contributed by atoms with Gasteiger partial charge in [-0.25, -0.2) is 0 Å². The first kappa shape index (κ1) is 13.2. The minimum Gasteiger partial charge on any atom is -0.350 e. The summed E-state index contributed by atoms with van der Waals surface area (Å²) in [5.74, 6) is -0.384. The molecule has 1 aromatic rings. The van der Waals surface area contributed by atoms with Crippen molar-refractivity contribution in [3.05, 3.63) is 35.4 Å². The van der Waals surface area contributed by atoms with E-state index in [1.807, 2.05) is 31.2 Å². The maximum atomic E-state index is 11.6. The number of hydrogen-bond donors (Lipinski definition) is 2. The zero-order valence-corrected chi connectivity index (χ0v) is 10.4. The Bertz CT molecular complexity index is 416. The van der Waals surface area contributed by atoms with Crippen molar-refractivity contribution in [2.24, 2.45) is 0 Å². The van der Waals surface area contributed by atoms with Crippen LogP contribution < -0.4 is 10.6 Å². The first-order chi connectivity index (χ1) is 7.99. The molecule has 0 aliphatic carbocycles. The number of benzene rings is 1. The predicted octanol–water partition coefficient (Wildman–Crippen LogP) is 1.14. The van der Waals surface area contributed by atoms with Crippen molar-refractivity contribution in [2.45, 2.75) is 33.4 Å². The average molecular weight is 234 g/mol. The summed E-state index contributed by atoms with van der Waals surface area (Å²) in [4.78, 5) is 22.4. The lowest BCUT2D eigenvalue weighted by molar-refractivity contribution is -0.127. The lowest BCUT2D eigenvalue weighted by Gasteiger charge is -2.12. The minimum atomic E-state index is -0.502. The van der Waals surface area contributed by atoms with Gasteiger partial charge in [0.15, 0.2) is 0 Å². The van der Waals surface area contributed by atoms with Crippen LogP contribution in [0.2, 0.25) is 0 Å². The summed E-state index contributed by atoms with van der Waals surface area (Å²) in [6.45, 7) is 5.53. The lowest BCUT2D eigenvalue weighted by atomic mass is 10.1. The van der Waals surface area contributed by atoms with Gasteiger partial charge in [-0.05, 0) is 19.4 Å². The molecule has 0 saturated heterocycles. The Morgan fingerprint density at radius 3 is 2.65 bits per heavy atom. The van der Waals surface area contributed by atoms with Crippen LogP contribution in [0.25, 0.3) is 0 Å². The van der Waals surface area contributed by atoms with E-state index in [2.05, 4.69) is 10.6 Å². The van der Waals surface area contributed by atoms with Crippen molar-refractivity contribution in [3.8, 4) is 0 Å². The quantitative estimate of drug-likeness (QED) is 0.820. The molecule has 2 amide bonds. The van der Waals surface area contributed by atoms with Crippen molar-refractivity contribution < 1.29 is 9.59 Å². The molecule has 92 valence electrons. The monoisotopic (exact) mass is 234 g/mol. The van der Waals surface area contributed by atoms with Gasteiger partial charge in [0, 0.05) is 13.5 Å². The maximum Gasteiger partial charge on any atom is 0.242 e. The SMILES string of the molecule is CC(=O)NC(C)C(=O)NCc1cccc(C)c1. The van der Waals surface area contributed by atoms with Crippen LogP contribution in [-0.2, 0) is 16.1 Å². The molecule has 1 aromatic carbocycles. The fourth-order valence-electron chi connectivity index (χ4n) is 1.53. The number of hydrogen-bond acceptors (Lipinski definition) is 2. The van der Waals surface area contributed by atoms with Gasteiger partial charge >= 0.3 is 0 Å². The topological polar surface area (TPSA) is 58.2 Å². The van der Waals surface area contributed by atoms with Crippen molar-refractivity contribution in [2.75, 3.05) is 0 Å². The zero-order valence-electron chi connectivity index (χ0n) is 10.4. The molecular weight excluding hydrogens is 216 g/mol. The molecule has 0 fully saturated rings. The van der Waals surface area contributed by atoms with Crippen molar-refractivity contribution in [3.63, 3.8) is 0 Å². The van der Waals surface area contributed by atoms with Crippen molar-refractivity contribution in [1.29, 1.82) is 0 Å². The largest absolute Gasteiger partial charge is 0.350 e. The Labute approximate surface area is 101 Å². The van der Waals surface area contributed by atoms with Gasteiger partial charge in [-0.3, -0.25) is 9.59 Å². The molecule has 0 saturated carbocycles. The van der Waals surface area contributed by atoms with Gasteiger partial charge in [0.1, 0.15) is 6.04 Å². The van der Waals surface area contributed by atoms with Gasteiger partial charge in [-0.1, -0.05) is 29.8 Å². The molecule has 1 rings (SSSR count). The van der Waals surface area contributed by atoms with Gasteiger partial charge in [0.05, 0.1) is 0 Å². The van der Waals surface area contributed by atoms with Crippen LogP contribution in [0, 0.1) is 6.92 Å². The highest BCUT2D eigenvalue weighted by Crippen LogP contribution is 2.03. The van der Waals surface area contributed by atoms with E-state index >= 15 is 0 Å². The molecular formula is C13H18N2O2. The van der Waals surface area contributed by atoms with Crippen LogP contribution in [0.5, 0.6) is 0 Å². The lowest BCUT2D eigenvalue weighted by Crippen LogP contribution is -2.43. The van der Waals surface area contributed by atoms with E-state index in [1.165, 1.54) is 6.92 Å². The smallest absolute Gasteiger partial charge is 0.242 e. The first-order valence-electron chi connectivity index (χ1n) is 5.59. The van der Waals surface area contributed by atoms with Crippen LogP contribution >= 0.6 is 0 Å². The van der Waals surface area contributed by atoms with Crippen LogP contribution in [0.1, 0.15) is 25.0 Å². The molecule has 1 atom stereocenters. The molecule has 0 bridgehead atoms. The molecule has 0 aliphatic rings. The molecule has 4 nitrogen and oxygen atoms in total. The van der Waals surface area contributed by atoms with Gasteiger partial charge in [0.25, 0.3) is 0 Å². The molecule has 0 radical (unpaired) electrons. The highest BCUT2D eigenvalue weighted by atomic mass is 16.2. The third kappa shape index (κ3) is 4.68. The Kier molecular flexibility index (Phi) is 4.69. The molecule has 0 spiro atoms. The van der Waals surface area contributed by atoms with Gasteiger partial charge in [-0.15, -0.1) is 0 Å². The van der Waals surface area contributed by atoms with E-state index in [4.69, 9.17) is 0 Å². The van der Waals surface area contributed by atoms with E-state index in [1.54, 1.807) is 6.92 Å². The highest BCUT2D eigenvalue weighted by molar-refractivity contribution is 5.86. The minimum absolute atomic E-state index is 0.179. The van der Waals surface area contributed by atoms with Gasteiger partial charge in [0.2, 0.25) is 11.8 Å². The second-order valence-electron chi connectivity index (χ2n) is 4.13. The van der Waals surface area contributed by atoms with E-state index < -0.39 is 6.04 Å². The third-order valence-electron chi connectivity index (χ3n) is 2.36. The third-order valence-corrected chi connectivity index (χ3v) is 2.36. The van der Waals surface area contributed by atoms with E-state index in [-0.39, 0.29) is 11.8 Å². The predicted molar refractivity (Wildman–Crippen MR) is 66.3 cm³/mol. The summed E-state index contributed by atoms with van der Waals surface area (Å²) in [6, 6.07) is 7.43. The second kappa shape index (κ2) is 6.03. The molecule has 0 heterocycles. The summed E-state index contributed by atoms with van der Waals surface area (Å²) in [6.07, 6.45) is 0. The molecule has 0 aliphatic heterocycles. The van der Waals surface area contributed by atoms with E-state index in [0.29, 0.717) is 6.54 Å². The van der Waals surface area contributed by atoms with E-state index in [9.17, 15) is 9.59 Å². The van der Waals surface area contributed by atoms with Gasteiger partial charge in [-0.2, -0.15) is 0 Å². The summed E-state index contributed by atoms with van der Waals surface area (Å²) >= 11 is 0. The Morgan fingerprint density at radius 1 is 1.35 bits per heavy atom. The molecule has 4 heteroatoms. The molecule has 2 N–H and O–H groups in total. The fraction of sp³-hybridized carbons (Fsp3) is 0.385. The summed E-state index contributed by atoms with van der Waals surface area (Å²) in [7, 11) is 0. The van der Waals surface area contributed by atoms with Crippen molar-refractivity contribution >= 4 is 11.8 Å². The molecule has 17 heavy (non-hydrogen) atoms. The van der Waals surface area contributed by atoms with Crippen LogP contribution in [0.3, 0.4) is 0 Å². The van der Waals surface area contributed by atoms with Crippen LogP contribution in [-0.4, -0.2) is 17.9 Å². The van der Waals surface area contributed by atoms with E-state index in [0.717, 1.165) is 11.1 Å². The summed E-state index contributed by atoms with van der Waals surface area (Å²) in [5, 5.41) is 5.32. The number of nitrogens with one attached hydrogen (secondary N) is 2. The zero-order chi connectivity index (χ0) is 12.8. The Hall–Kier alpha value is -1.84. The van der Waals surface area contributed by atoms with Crippen molar-refractivity contribution in [1.82, 2.24) is 10.6 Å². The highest BCUT2D eigenvalue weighted by Gasteiger charge is 2.12. The summed E-state index contributed by atoms with van der Waals surface area (Å²) < 4.78 is 0. The average Bonchev–Trinajstić information content (AvgIpc) is 2.25. The van der Waals surface area contributed by atoms with Gasteiger partial charge < -0.3 is 10.6 Å². The number of carbonyl (C=O) groups excluding carboxylic acids is 2. The van der Waals surface area contributed by atoms with Crippen LogP contribution in [0.4, 0.5) is 0 Å². The first-order valence-corrected chi connectivity index (χ1v) is 5.59. The fourth-order valence-corrected chi connectivity index (χ4v) is 1.53. The number of carbonyl (C=O) groups is 2. The van der Waals surface area contributed by atoms with Crippen LogP contribution in [0.15, 0.2) is 24.3 Å². The standard InChI is InChI=1S/C13H18N2O2/c1-9-5-4-6-12(7-9)8-14-13(17)10(2)15-11(3)16/h4-7,10H,8H2,1-3H3,(H,14,17)(H,15,16).